The van der Waals surface area contributed by atoms with Gasteiger partial charge in [-0.25, -0.2) is 4.98 Å². The molecule has 0 atom stereocenters. The lowest BCUT2D eigenvalue weighted by atomic mass is 10.1. The molecule has 1 N–H and O–H groups in total. The summed E-state index contributed by atoms with van der Waals surface area (Å²) in [5.41, 5.74) is 2.08. The lowest BCUT2D eigenvalue weighted by Gasteiger charge is -2.18. The van der Waals surface area contributed by atoms with E-state index in [-0.39, 0.29) is 30.3 Å². The molecule has 0 radical (unpaired) electrons. The molecule has 1 saturated carbocycles. The number of para-hydroxylation sites is 1. The van der Waals surface area contributed by atoms with Gasteiger partial charge in [-0.1, -0.05) is 24.3 Å². The Labute approximate surface area is 174 Å². The molecule has 7 nitrogen and oxygen atoms in total. The molecule has 1 aromatic heterocycles. The van der Waals surface area contributed by atoms with E-state index in [1.807, 2.05) is 18.2 Å². The fourth-order valence-electron chi connectivity index (χ4n) is 3.29. The van der Waals surface area contributed by atoms with Crippen molar-refractivity contribution < 1.29 is 9.59 Å². The number of carbonyl (C=O) groups excluding carboxylic acids is 2. The molecule has 2 amide bonds. The normalized spacial score (nSPS) is 13.2. The minimum Gasteiger partial charge on any atom is -0.349 e. The topological polar surface area (TPSA) is 84.3 Å². The van der Waals surface area contributed by atoms with E-state index in [2.05, 4.69) is 10.3 Å². The molecular formula is C23H24N4O3. The molecule has 4 rings (SSSR count). The second kappa shape index (κ2) is 8.49. The van der Waals surface area contributed by atoms with Gasteiger partial charge in [0.15, 0.2) is 0 Å². The third-order valence-corrected chi connectivity index (χ3v) is 5.27. The highest BCUT2D eigenvalue weighted by Crippen LogP contribution is 2.19. The van der Waals surface area contributed by atoms with Crippen LogP contribution in [0.5, 0.6) is 0 Å². The van der Waals surface area contributed by atoms with Gasteiger partial charge in [0.1, 0.15) is 0 Å². The smallest absolute Gasteiger partial charge is 0.261 e. The molecule has 1 aliphatic rings. The van der Waals surface area contributed by atoms with Crippen LogP contribution in [-0.4, -0.2) is 39.4 Å². The van der Waals surface area contributed by atoms with E-state index < -0.39 is 0 Å². The lowest BCUT2D eigenvalue weighted by molar-refractivity contribution is -0.130. The predicted molar refractivity (Wildman–Crippen MR) is 114 cm³/mol. The standard InChI is InChI=1S/C23H24N4O3/c1-26(14-16-6-8-17(9-7-16)22(29)25-18-10-11-18)21(28)12-13-27-15-24-20-5-3-2-4-19(20)23(27)30/h2-9,15,18H,10-14H2,1H3,(H,25,29). The van der Waals surface area contributed by atoms with Crippen LogP contribution < -0.4 is 10.9 Å². The summed E-state index contributed by atoms with van der Waals surface area (Å²) in [6.45, 7) is 0.717. The number of aryl methyl sites for hydroxylation is 1. The second-order valence-corrected chi connectivity index (χ2v) is 7.70. The summed E-state index contributed by atoms with van der Waals surface area (Å²) in [6, 6.07) is 14.8. The number of aromatic nitrogens is 2. The van der Waals surface area contributed by atoms with Crippen molar-refractivity contribution in [1.29, 1.82) is 0 Å². The third kappa shape index (κ3) is 4.56. The van der Waals surface area contributed by atoms with Crippen LogP contribution in [0.25, 0.3) is 10.9 Å². The van der Waals surface area contributed by atoms with E-state index in [0.717, 1.165) is 18.4 Å². The van der Waals surface area contributed by atoms with Crippen molar-refractivity contribution in [3.63, 3.8) is 0 Å². The number of benzene rings is 2. The van der Waals surface area contributed by atoms with Gasteiger partial charge >= 0.3 is 0 Å². The Morgan fingerprint density at radius 1 is 1.13 bits per heavy atom. The fourth-order valence-corrected chi connectivity index (χ4v) is 3.29. The molecule has 0 unspecified atom stereocenters. The summed E-state index contributed by atoms with van der Waals surface area (Å²) in [5.74, 6) is -0.117. The largest absolute Gasteiger partial charge is 0.349 e. The number of carbonyl (C=O) groups is 2. The molecule has 1 heterocycles. The first kappa shape index (κ1) is 19.8. The highest BCUT2D eigenvalue weighted by atomic mass is 16.2. The Morgan fingerprint density at radius 2 is 1.87 bits per heavy atom. The number of hydrogen-bond donors (Lipinski definition) is 1. The molecule has 2 aromatic carbocycles. The number of fused-ring (bicyclic) bond motifs is 1. The maximum Gasteiger partial charge on any atom is 0.261 e. The Hall–Kier alpha value is -3.48. The second-order valence-electron chi connectivity index (χ2n) is 7.70. The highest BCUT2D eigenvalue weighted by Gasteiger charge is 2.23. The van der Waals surface area contributed by atoms with Crippen molar-refractivity contribution in [3.8, 4) is 0 Å². The van der Waals surface area contributed by atoms with Crippen LogP contribution in [0.4, 0.5) is 0 Å². The van der Waals surface area contributed by atoms with Crippen LogP contribution in [0.2, 0.25) is 0 Å². The van der Waals surface area contributed by atoms with Crippen LogP contribution in [0.3, 0.4) is 0 Å². The fraction of sp³-hybridized carbons (Fsp3) is 0.304. The van der Waals surface area contributed by atoms with Crippen molar-refractivity contribution in [1.82, 2.24) is 19.8 Å². The first-order valence-corrected chi connectivity index (χ1v) is 10.1. The summed E-state index contributed by atoms with van der Waals surface area (Å²) in [4.78, 5) is 43.0. The van der Waals surface area contributed by atoms with Crippen LogP contribution >= 0.6 is 0 Å². The molecule has 0 aliphatic heterocycles. The first-order valence-electron chi connectivity index (χ1n) is 10.1. The lowest BCUT2D eigenvalue weighted by Crippen LogP contribution is -2.29. The van der Waals surface area contributed by atoms with Crippen LogP contribution in [-0.2, 0) is 17.9 Å². The van der Waals surface area contributed by atoms with Crippen molar-refractivity contribution in [2.45, 2.75) is 38.4 Å². The van der Waals surface area contributed by atoms with Crippen LogP contribution in [0.15, 0.2) is 59.7 Å². The molecule has 0 bridgehead atoms. The average Bonchev–Trinajstić information content (AvgIpc) is 3.57. The quantitative estimate of drug-likeness (QED) is 0.655. The molecule has 3 aromatic rings. The summed E-state index contributed by atoms with van der Waals surface area (Å²) in [5, 5.41) is 3.51. The number of rotatable bonds is 7. The molecule has 1 fully saturated rings. The van der Waals surface area contributed by atoms with Gasteiger partial charge < -0.3 is 10.2 Å². The van der Waals surface area contributed by atoms with Crippen LogP contribution in [0.1, 0.15) is 35.2 Å². The first-order chi connectivity index (χ1) is 14.5. The van der Waals surface area contributed by atoms with E-state index in [9.17, 15) is 14.4 Å². The van der Waals surface area contributed by atoms with E-state index in [4.69, 9.17) is 0 Å². The average molecular weight is 404 g/mol. The van der Waals surface area contributed by atoms with Gasteiger partial charge in [-0.05, 0) is 42.7 Å². The van der Waals surface area contributed by atoms with Gasteiger partial charge in [0.05, 0.1) is 17.2 Å². The SMILES string of the molecule is CN(Cc1ccc(C(=O)NC2CC2)cc1)C(=O)CCn1cnc2ccccc2c1=O. The van der Waals surface area contributed by atoms with E-state index in [1.54, 1.807) is 42.3 Å². The maximum absolute atomic E-state index is 12.5. The minimum atomic E-state index is -0.142. The van der Waals surface area contributed by atoms with Crippen LogP contribution in [0, 0.1) is 0 Å². The third-order valence-electron chi connectivity index (χ3n) is 5.27. The summed E-state index contributed by atoms with van der Waals surface area (Å²) >= 11 is 0. The zero-order chi connectivity index (χ0) is 21.1. The van der Waals surface area contributed by atoms with E-state index in [0.29, 0.717) is 29.1 Å². The zero-order valence-corrected chi connectivity index (χ0v) is 16.9. The van der Waals surface area contributed by atoms with Gasteiger partial charge in [-0.15, -0.1) is 0 Å². The Balaban J connectivity index is 1.33. The van der Waals surface area contributed by atoms with Crippen molar-refractivity contribution in [3.05, 3.63) is 76.3 Å². The minimum absolute atomic E-state index is 0.0529. The molecule has 7 heteroatoms. The summed E-state index contributed by atoms with van der Waals surface area (Å²) < 4.78 is 1.47. The Morgan fingerprint density at radius 3 is 2.60 bits per heavy atom. The number of nitrogens with one attached hydrogen (secondary N) is 1. The van der Waals surface area contributed by atoms with E-state index in [1.165, 1.54) is 10.9 Å². The van der Waals surface area contributed by atoms with Gasteiger partial charge in [0.2, 0.25) is 5.91 Å². The van der Waals surface area contributed by atoms with Gasteiger partial charge in [0.25, 0.3) is 11.5 Å². The van der Waals surface area contributed by atoms with Gasteiger partial charge in [-0.3, -0.25) is 19.0 Å². The van der Waals surface area contributed by atoms with Crippen molar-refractivity contribution >= 4 is 22.7 Å². The maximum atomic E-state index is 12.5. The molecular weight excluding hydrogens is 380 g/mol. The van der Waals surface area contributed by atoms with Crippen molar-refractivity contribution in [2.75, 3.05) is 7.05 Å². The molecule has 0 saturated heterocycles. The van der Waals surface area contributed by atoms with E-state index >= 15 is 0 Å². The summed E-state index contributed by atoms with van der Waals surface area (Å²) in [6.07, 6.45) is 3.80. The molecule has 154 valence electrons. The summed E-state index contributed by atoms with van der Waals surface area (Å²) in [7, 11) is 1.73. The van der Waals surface area contributed by atoms with Crippen molar-refractivity contribution in [2.24, 2.45) is 0 Å². The molecule has 1 aliphatic carbocycles. The zero-order valence-electron chi connectivity index (χ0n) is 16.9. The molecule has 30 heavy (non-hydrogen) atoms. The predicted octanol–water partition coefficient (Wildman–Crippen LogP) is 2.34. The molecule has 0 spiro atoms. The Kier molecular flexibility index (Phi) is 5.61. The van der Waals surface area contributed by atoms with Gasteiger partial charge in [-0.2, -0.15) is 0 Å². The number of amides is 2. The van der Waals surface area contributed by atoms with Gasteiger partial charge in [0, 0.05) is 38.2 Å². The monoisotopic (exact) mass is 404 g/mol. The number of nitrogens with zero attached hydrogens (tertiary/aromatic N) is 3. The number of hydrogen-bond acceptors (Lipinski definition) is 4. The Bertz CT molecular complexity index is 1130. The highest BCUT2D eigenvalue weighted by molar-refractivity contribution is 5.94.